The smallest absolute Gasteiger partial charge is 0.404 e. The van der Waals surface area contributed by atoms with Gasteiger partial charge < -0.3 is 10.4 Å². The van der Waals surface area contributed by atoms with Gasteiger partial charge in [-0.1, -0.05) is 23.7 Å². The summed E-state index contributed by atoms with van der Waals surface area (Å²) in [6.07, 6.45) is 0.207. The zero-order chi connectivity index (χ0) is 13.0. The third-order valence-electron chi connectivity index (χ3n) is 2.46. The van der Waals surface area contributed by atoms with E-state index in [-0.39, 0.29) is 0 Å². The molecule has 2 N–H and O–H groups in total. The Bertz CT molecular complexity index is 574. The number of nitrogens with one attached hydrogen (secondary N) is 1. The number of benzene rings is 1. The molecule has 0 fully saturated rings. The van der Waals surface area contributed by atoms with Crippen LogP contribution in [-0.4, -0.2) is 27.7 Å². The summed E-state index contributed by atoms with van der Waals surface area (Å²) in [4.78, 5) is 18.9. The van der Waals surface area contributed by atoms with E-state index in [0.29, 0.717) is 30.4 Å². The SMILES string of the molecule is O=C(O)NCCCc1nc(Cl)c2ccccc2n1. The van der Waals surface area contributed by atoms with Gasteiger partial charge in [0.25, 0.3) is 0 Å². The number of halogens is 1. The number of nitrogens with zero attached hydrogens (tertiary/aromatic N) is 2. The van der Waals surface area contributed by atoms with Crippen molar-refractivity contribution in [3.05, 3.63) is 35.2 Å². The Hall–Kier alpha value is -1.88. The Balaban J connectivity index is 2.07. The minimum atomic E-state index is -1.02. The molecule has 18 heavy (non-hydrogen) atoms. The van der Waals surface area contributed by atoms with Crippen LogP contribution in [0, 0.1) is 0 Å². The molecule has 0 aliphatic carbocycles. The van der Waals surface area contributed by atoms with Gasteiger partial charge in [-0.3, -0.25) is 0 Å². The number of hydrogen-bond donors (Lipinski definition) is 2. The number of hydrogen-bond acceptors (Lipinski definition) is 3. The zero-order valence-electron chi connectivity index (χ0n) is 9.56. The van der Waals surface area contributed by atoms with E-state index < -0.39 is 6.09 Å². The molecule has 0 aliphatic heterocycles. The Morgan fingerprint density at radius 1 is 1.33 bits per heavy atom. The zero-order valence-corrected chi connectivity index (χ0v) is 10.3. The van der Waals surface area contributed by atoms with Crippen LogP contribution >= 0.6 is 11.6 Å². The van der Waals surface area contributed by atoms with Gasteiger partial charge in [-0.15, -0.1) is 0 Å². The molecule has 5 nitrogen and oxygen atoms in total. The monoisotopic (exact) mass is 265 g/mol. The van der Waals surface area contributed by atoms with Crippen LogP contribution < -0.4 is 5.32 Å². The summed E-state index contributed by atoms with van der Waals surface area (Å²) in [5.41, 5.74) is 0.804. The summed E-state index contributed by atoms with van der Waals surface area (Å²) in [5, 5.41) is 12.0. The van der Waals surface area contributed by atoms with E-state index in [9.17, 15) is 4.79 Å². The summed E-state index contributed by atoms with van der Waals surface area (Å²) < 4.78 is 0. The average Bonchev–Trinajstić information content (AvgIpc) is 2.35. The van der Waals surface area contributed by atoms with Crippen LogP contribution in [-0.2, 0) is 6.42 Å². The average molecular weight is 266 g/mol. The van der Waals surface area contributed by atoms with E-state index in [2.05, 4.69) is 15.3 Å². The predicted molar refractivity (Wildman–Crippen MR) is 68.9 cm³/mol. The van der Waals surface area contributed by atoms with Crippen molar-refractivity contribution in [2.75, 3.05) is 6.54 Å². The lowest BCUT2D eigenvalue weighted by Crippen LogP contribution is -2.22. The number of aromatic nitrogens is 2. The van der Waals surface area contributed by atoms with Gasteiger partial charge in [-0.2, -0.15) is 0 Å². The molecule has 1 amide bonds. The maximum atomic E-state index is 10.3. The maximum absolute atomic E-state index is 10.3. The van der Waals surface area contributed by atoms with Crippen LogP contribution in [0.3, 0.4) is 0 Å². The molecular weight excluding hydrogens is 254 g/mol. The first-order valence-electron chi connectivity index (χ1n) is 5.55. The summed E-state index contributed by atoms with van der Waals surface area (Å²) in [6, 6.07) is 7.52. The first kappa shape index (κ1) is 12.6. The van der Waals surface area contributed by atoms with E-state index in [1.54, 1.807) is 0 Å². The van der Waals surface area contributed by atoms with Crippen LogP contribution in [0.1, 0.15) is 12.2 Å². The first-order valence-corrected chi connectivity index (χ1v) is 5.92. The van der Waals surface area contributed by atoms with Crippen molar-refractivity contribution in [2.45, 2.75) is 12.8 Å². The molecular formula is C12H12ClN3O2. The number of fused-ring (bicyclic) bond motifs is 1. The standard InChI is InChI=1S/C12H12ClN3O2/c13-11-8-4-1-2-5-9(8)15-10(16-11)6-3-7-14-12(17)18/h1-2,4-5,14H,3,6-7H2,(H,17,18). The van der Waals surface area contributed by atoms with Crippen LogP contribution in [0.2, 0.25) is 5.15 Å². The van der Waals surface area contributed by atoms with E-state index in [1.165, 1.54) is 0 Å². The molecule has 1 aromatic carbocycles. The molecule has 1 aromatic heterocycles. The molecule has 0 spiro atoms. The molecule has 2 aromatic rings. The van der Waals surface area contributed by atoms with Crippen LogP contribution in [0.15, 0.2) is 24.3 Å². The quantitative estimate of drug-likeness (QED) is 0.658. The van der Waals surface area contributed by atoms with Gasteiger partial charge in [-0.25, -0.2) is 14.8 Å². The normalized spacial score (nSPS) is 10.5. The van der Waals surface area contributed by atoms with Crippen molar-refractivity contribution in [1.82, 2.24) is 15.3 Å². The van der Waals surface area contributed by atoms with Crippen molar-refractivity contribution in [3.63, 3.8) is 0 Å². The molecule has 94 valence electrons. The number of aryl methyl sites for hydroxylation is 1. The van der Waals surface area contributed by atoms with Gasteiger partial charge in [-0.05, 0) is 18.6 Å². The number of carbonyl (C=O) groups is 1. The second-order valence-corrected chi connectivity index (χ2v) is 4.14. The lowest BCUT2D eigenvalue weighted by molar-refractivity contribution is 0.194. The molecule has 0 bridgehead atoms. The Kier molecular flexibility index (Phi) is 3.94. The second kappa shape index (κ2) is 5.64. The largest absolute Gasteiger partial charge is 0.465 e. The highest BCUT2D eigenvalue weighted by Gasteiger charge is 2.05. The summed E-state index contributed by atoms with van der Waals surface area (Å²) >= 11 is 6.06. The van der Waals surface area contributed by atoms with Crippen molar-refractivity contribution in [3.8, 4) is 0 Å². The van der Waals surface area contributed by atoms with Crippen LogP contribution in [0.4, 0.5) is 4.79 Å². The van der Waals surface area contributed by atoms with Gasteiger partial charge in [0.05, 0.1) is 5.52 Å². The molecule has 0 radical (unpaired) electrons. The van der Waals surface area contributed by atoms with Crippen molar-refractivity contribution in [1.29, 1.82) is 0 Å². The van der Waals surface area contributed by atoms with Crippen molar-refractivity contribution < 1.29 is 9.90 Å². The minimum Gasteiger partial charge on any atom is -0.465 e. The maximum Gasteiger partial charge on any atom is 0.404 e. The fourth-order valence-corrected chi connectivity index (χ4v) is 1.89. The number of para-hydroxylation sites is 1. The molecule has 0 saturated carbocycles. The highest BCUT2D eigenvalue weighted by Crippen LogP contribution is 2.19. The Labute approximate surface area is 109 Å². The van der Waals surface area contributed by atoms with E-state index in [1.807, 2.05) is 24.3 Å². The number of amides is 1. The van der Waals surface area contributed by atoms with Gasteiger partial charge >= 0.3 is 6.09 Å². The second-order valence-electron chi connectivity index (χ2n) is 3.78. The molecule has 0 atom stereocenters. The fraction of sp³-hybridized carbons (Fsp3) is 0.250. The summed E-state index contributed by atoms with van der Waals surface area (Å²) in [6.45, 7) is 0.378. The van der Waals surface area contributed by atoms with Crippen molar-refractivity contribution in [2.24, 2.45) is 0 Å². The summed E-state index contributed by atoms with van der Waals surface area (Å²) in [7, 11) is 0. The van der Waals surface area contributed by atoms with Gasteiger partial charge in [0.1, 0.15) is 11.0 Å². The summed E-state index contributed by atoms with van der Waals surface area (Å²) in [5.74, 6) is 0.630. The fourth-order valence-electron chi connectivity index (χ4n) is 1.64. The lowest BCUT2D eigenvalue weighted by Gasteiger charge is -2.04. The van der Waals surface area contributed by atoms with Crippen LogP contribution in [0.5, 0.6) is 0 Å². The van der Waals surface area contributed by atoms with Crippen LogP contribution in [0.25, 0.3) is 10.9 Å². The van der Waals surface area contributed by atoms with Crippen molar-refractivity contribution >= 4 is 28.6 Å². The Morgan fingerprint density at radius 3 is 2.89 bits per heavy atom. The molecule has 0 saturated heterocycles. The van der Waals surface area contributed by atoms with Gasteiger partial charge in [0.15, 0.2) is 0 Å². The molecule has 0 unspecified atom stereocenters. The predicted octanol–water partition coefficient (Wildman–Crippen LogP) is 2.48. The van der Waals surface area contributed by atoms with E-state index in [0.717, 1.165) is 10.9 Å². The Morgan fingerprint density at radius 2 is 2.11 bits per heavy atom. The molecule has 1 heterocycles. The third-order valence-corrected chi connectivity index (χ3v) is 2.74. The number of rotatable bonds is 4. The topological polar surface area (TPSA) is 75.1 Å². The van der Waals surface area contributed by atoms with E-state index in [4.69, 9.17) is 16.7 Å². The molecule has 2 rings (SSSR count). The highest BCUT2D eigenvalue weighted by molar-refractivity contribution is 6.34. The van der Waals surface area contributed by atoms with E-state index >= 15 is 0 Å². The van der Waals surface area contributed by atoms with Gasteiger partial charge in [0.2, 0.25) is 0 Å². The highest BCUT2D eigenvalue weighted by atomic mass is 35.5. The minimum absolute atomic E-state index is 0.378. The third kappa shape index (κ3) is 3.07. The first-order chi connectivity index (χ1) is 8.66. The number of carboxylic acid groups (broad SMARTS) is 1. The molecule has 0 aliphatic rings. The lowest BCUT2D eigenvalue weighted by atomic mass is 10.2. The molecule has 6 heteroatoms. The van der Waals surface area contributed by atoms with Gasteiger partial charge in [0, 0.05) is 18.4 Å².